The van der Waals surface area contributed by atoms with Crippen LogP contribution < -0.4 is 10.6 Å². The first-order valence-electron chi connectivity index (χ1n) is 9.16. The summed E-state index contributed by atoms with van der Waals surface area (Å²) in [5, 5.41) is 6.74. The molecular weight excluding hydrogens is 328 g/mol. The second-order valence-electron chi connectivity index (χ2n) is 7.19. The zero-order chi connectivity index (χ0) is 17.9. The predicted octanol–water partition coefficient (Wildman–Crippen LogP) is 2.33. The van der Waals surface area contributed by atoms with Gasteiger partial charge in [-0.1, -0.05) is 6.07 Å². The van der Waals surface area contributed by atoms with Crippen molar-refractivity contribution >= 4 is 17.5 Å². The van der Waals surface area contributed by atoms with E-state index < -0.39 is 0 Å². The largest absolute Gasteiger partial charge is 0.370 e. The molecule has 2 N–H and O–H groups in total. The number of rotatable bonds is 7. The Balaban J connectivity index is 1.41. The maximum atomic E-state index is 12.2. The lowest BCUT2D eigenvalue weighted by Crippen LogP contribution is -2.26. The van der Waals surface area contributed by atoms with Crippen LogP contribution in [0.25, 0.3) is 0 Å². The van der Waals surface area contributed by atoms with Crippen molar-refractivity contribution in [3.05, 3.63) is 42.5 Å². The lowest BCUT2D eigenvalue weighted by Gasteiger charge is -2.25. The van der Waals surface area contributed by atoms with Crippen LogP contribution in [0.5, 0.6) is 0 Å². The number of hydrogen-bond donors (Lipinski definition) is 2. The fourth-order valence-corrected chi connectivity index (χ4v) is 3.54. The Labute approximate surface area is 153 Å². The second-order valence-corrected chi connectivity index (χ2v) is 7.19. The van der Waals surface area contributed by atoms with Crippen LogP contribution in [0.1, 0.15) is 30.9 Å². The van der Waals surface area contributed by atoms with Crippen LogP contribution in [0.2, 0.25) is 0 Å². The third-order valence-electron chi connectivity index (χ3n) is 5.20. The van der Waals surface area contributed by atoms with Crippen molar-refractivity contribution in [2.24, 2.45) is 11.8 Å². The maximum absolute atomic E-state index is 12.2. The van der Waals surface area contributed by atoms with E-state index in [0.717, 1.165) is 29.7 Å². The highest BCUT2D eigenvalue weighted by Gasteiger charge is 2.38. The molecule has 2 atom stereocenters. The van der Waals surface area contributed by atoms with Crippen molar-refractivity contribution in [2.75, 3.05) is 30.8 Å². The molecule has 7 heteroatoms. The van der Waals surface area contributed by atoms with Gasteiger partial charge in [-0.3, -0.25) is 9.78 Å². The molecule has 2 aliphatic rings. The van der Waals surface area contributed by atoms with E-state index in [9.17, 15) is 4.79 Å². The molecule has 7 nitrogen and oxygen atoms in total. The minimum absolute atomic E-state index is 0.0398. The summed E-state index contributed by atoms with van der Waals surface area (Å²) in [5.74, 6) is 2.76. The Morgan fingerprint density at radius 3 is 2.65 bits per heavy atom. The van der Waals surface area contributed by atoms with Gasteiger partial charge in [0.05, 0.1) is 6.04 Å². The van der Waals surface area contributed by atoms with Crippen molar-refractivity contribution < 1.29 is 4.79 Å². The van der Waals surface area contributed by atoms with Gasteiger partial charge in [-0.05, 0) is 30.4 Å². The van der Waals surface area contributed by atoms with Crippen LogP contribution in [0, 0.1) is 11.8 Å². The van der Waals surface area contributed by atoms with Crippen LogP contribution >= 0.6 is 0 Å². The lowest BCUT2D eigenvalue weighted by atomic mass is 9.95. The van der Waals surface area contributed by atoms with E-state index in [4.69, 9.17) is 0 Å². The number of aromatic nitrogens is 3. The molecule has 0 unspecified atom stereocenters. The fraction of sp³-hybridized carbons (Fsp3) is 0.474. The molecule has 26 heavy (non-hydrogen) atoms. The molecule has 0 radical (unpaired) electrons. The first-order chi connectivity index (χ1) is 12.7. The molecule has 0 bridgehead atoms. The van der Waals surface area contributed by atoms with E-state index >= 15 is 0 Å². The highest BCUT2D eigenvalue weighted by Crippen LogP contribution is 2.36. The molecule has 2 aromatic heterocycles. The number of pyridine rings is 1. The summed E-state index contributed by atoms with van der Waals surface area (Å²) in [6, 6.07) is 5.92. The van der Waals surface area contributed by atoms with Gasteiger partial charge in [0.15, 0.2) is 0 Å². The Kier molecular flexibility index (Phi) is 4.69. The molecule has 1 amide bonds. The van der Waals surface area contributed by atoms with Gasteiger partial charge >= 0.3 is 0 Å². The standard InChI is InChI=1S/C19H24N6O/c1-25-18(26)7-15(19(25)14-3-2-6-20-10-14)11-22-17-8-16(23-12-24-17)21-9-13-4-5-13/h2-3,6,8,10,12-13,15,19H,4-5,7,9,11H2,1H3,(H2,21,22,23,24)/t15-,19-/m0/s1. The molecule has 4 rings (SSSR count). The number of hydrogen-bond acceptors (Lipinski definition) is 6. The van der Waals surface area contributed by atoms with Crippen molar-refractivity contribution in [2.45, 2.75) is 25.3 Å². The second kappa shape index (κ2) is 7.27. The van der Waals surface area contributed by atoms with Gasteiger partial charge in [0.2, 0.25) is 5.91 Å². The summed E-state index contributed by atoms with van der Waals surface area (Å²) >= 11 is 0. The van der Waals surface area contributed by atoms with E-state index in [1.54, 1.807) is 12.5 Å². The molecule has 1 saturated carbocycles. The third kappa shape index (κ3) is 3.76. The van der Waals surface area contributed by atoms with Crippen LogP contribution in [0.15, 0.2) is 36.9 Å². The normalized spacial score (nSPS) is 22.5. The number of nitrogens with zero attached hydrogens (tertiary/aromatic N) is 4. The van der Waals surface area contributed by atoms with Crippen molar-refractivity contribution in [1.29, 1.82) is 0 Å². The first-order valence-corrected chi connectivity index (χ1v) is 9.16. The summed E-state index contributed by atoms with van der Waals surface area (Å²) in [6.45, 7) is 1.65. The first kappa shape index (κ1) is 16.8. The minimum atomic E-state index is 0.0398. The van der Waals surface area contributed by atoms with Gasteiger partial charge in [-0.25, -0.2) is 9.97 Å². The highest BCUT2D eigenvalue weighted by atomic mass is 16.2. The number of amides is 1. The van der Waals surface area contributed by atoms with Crippen LogP contribution in [0.3, 0.4) is 0 Å². The quantitative estimate of drug-likeness (QED) is 0.796. The van der Waals surface area contributed by atoms with Gasteiger partial charge in [0, 0.05) is 50.9 Å². The maximum Gasteiger partial charge on any atom is 0.223 e. The number of carbonyl (C=O) groups excluding carboxylic acids is 1. The Morgan fingerprint density at radius 1 is 1.19 bits per heavy atom. The minimum Gasteiger partial charge on any atom is -0.370 e. The molecule has 1 aliphatic carbocycles. The van der Waals surface area contributed by atoms with E-state index in [1.165, 1.54) is 12.8 Å². The summed E-state index contributed by atoms with van der Waals surface area (Å²) in [5.41, 5.74) is 1.07. The molecule has 1 aliphatic heterocycles. The molecule has 0 aromatic carbocycles. The van der Waals surface area contributed by atoms with Crippen LogP contribution in [-0.4, -0.2) is 45.9 Å². The van der Waals surface area contributed by atoms with E-state index in [0.29, 0.717) is 13.0 Å². The summed E-state index contributed by atoms with van der Waals surface area (Å²) in [7, 11) is 1.87. The SMILES string of the molecule is CN1C(=O)C[C@@H](CNc2cc(NCC3CC3)ncn2)[C@@H]1c1cccnc1. The average Bonchev–Trinajstić information content (AvgIpc) is 3.45. The predicted molar refractivity (Wildman–Crippen MR) is 99.6 cm³/mol. The number of likely N-dealkylation sites (tertiary alicyclic amines) is 1. The van der Waals surface area contributed by atoms with Gasteiger partial charge < -0.3 is 15.5 Å². The lowest BCUT2D eigenvalue weighted by molar-refractivity contribution is -0.127. The monoisotopic (exact) mass is 352 g/mol. The van der Waals surface area contributed by atoms with Crippen LogP contribution in [-0.2, 0) is 4.79 Å². The number of anilines is 2. The smallest absolute Gasteiger partial charge is 0.223 e. The Hall–Kier alpha value is -2.70. The van der Waals surface area contributed by atoms with E-state index in [1.807, 2.05) is 36.3 Å². The van der Waals surface area contributed by atoms with Crippen LogP contribution in [0.4, 0.5) is 11.6 Å². The Bertz CT molecular complexity index is 764. The summed E-state index contributed by atoms with van der Waals surface area (Å²) in [4.78, 5) is 26.8. The molecule has 0 spiro atoms. The molecule has 2 fully saturated rings. The zero-order valence-electron chi connectivity index (χ0n) is 14.9. The van der Waals surface area contributed by atoms with Gasteiger partial charge in [-0.2, -0.15) is 0 Å². The summed E-state index contributed by atoms with van der Waals surface area (Å²) in [6.07, 6.45) is 8.31. The number of nitrogens with one attached hydrogen (secondary N) is 2. The summed E-state index contributed by atoms with van der Waals surface area (Å²) < 4.78 is 0. The molecule has 3 heterocycles. The van der Waals surface area contributed by atoms with Gasteiger partial charge in [-0.15, -0.1) is 0 Å². The number of carbonyl (C=O) groups is 1. The van der Waals surface area contributed by atoms with Gasteiger partial charge in [0.25, 0.3) is 0 Å². The van der Waals surface area contributed by atoms with Crippen molar-refractivity contribution in [1.82, 2.24) is 19.9 Å². The highest BCUT2D eigenvalue weighted by molar-refractivity contribution is 5.79. The fourth-order valence-electron chi connectivity index (χ4n) is 3.54. The van der Waals surface area contributed by atoms with Crippen molar-refractivity contribution in [3.8, 4) is 0 Å². The van der Waals surface area contributed by atoms with E-state index in [2.05, 4.69) is 25.6 Å². The Morgan fingerprint density at radius 2 is 1.96 bits per heavy atom. The average molecular weight is 352 g/mol. The van der Waals surface area contributed by atoms with E-state index in [-0.39, 0.29) is 17.9 Å². The van der Waals surface area contributed by atoms with Gasteiger partial charge in [0.1, 0.15) is 18.0 Å². The molecule has 2 aromatic rings. The molecule has 1 saturated heterocycles. The zero-order valence-corrected chi connectivity index (χ0v) is 14.9. The molecular formula is C19H24N6O. The molecule has 136 valence electrons. The van der Waals surface area contributed by atoms with Crippen molar-refractivity contribution in [3.63, 3.8) is 0 Å². The topological polar surface area (TPSA) is 83.0 Å². The third-order valence-corrected chi connectivity index (χ3v) is 5.20.